The first-order valence-corrected chi connectivity index (χ1v) is 14.2. The molecule has 2 fully saturated rings. The Balaban J connectivity index is 1.40. The quantitative estimate of drug-likeness (QED) is 0.316. The summed E-state index contributed by atoms with van der Waals surface area (Å²) in [6.07, 6.45) is 4.77. The van der Waals surface area contributed by atoms with Crippen LogP contribution in [0.5, 0.6) is 0 Å². The van der Waals surface area contributed by atoms with Gasteiger partial charge in [0.1, 0.15) is 5.84 Å². The standard InChI is InChI=1S/C29H39Cl2N5O/c1-21(2)27-19-36(17-14-32-27)28(20-35-15-4-3-5-16-35)33-24-9-11-25(12-10-24)34-29(37)13-7-22-6-8-23(30)18-26(22)31/h6,8-12,18,21,27,32H,3-5,7,13-17,19-20H2,1-2H3,(H,34,37)/t27-/m1/s1. The van der Waals surface area contributed by atoms with E-state index in [4.69, 9.17) is 28.2 Å². The summed E-state index contributed by atoms with van der Waals surface area (Å²) in [7, 11) is 0. The highest BCUT2D eigenvalue weighted by Gasteiger charge is 2.25. The number of aryl methyl sites for hydroxylation is 1. The summed E-state index contributed by atoms with van der Waals surface area (Å²) in [5.74, 6) is 1.68. The van der Waals surface area contributed by atoms with E-state index in [1.807, 2.05) is 30.3 Å². The molecule has 1 atom stereocenters. The summed E-state index contributed by atoms with van der Waals surface area (Å²) < 4.78 is 0. The fourth-order valence-electron chi connectivity index (χ4n) is 4.95. The van der Waals surface area contributed by atoms with E-state index in [-0.39, 0.29) is 5.91 Å². The molecule has 0 bridgehead atoms. The molecule has 0 aromatic heterocycles. The Kier molecular flexibility index (Phi) is 10.3. The number of carbonyl (C=O) groups is 1. The van der Waals surface area contributed by atoms with E-state index in [1.165, 1.54) is 19.3 Å². The van der Waals surface area contributed by atoms with Crippen molar-refractivity contribution in [2.45, 2.75) is 52.0 Å². The van der Waals surface area contributed by atoms with Gasteiger partial charge in [-0.1, -0.05) is 49.5 Å². The van der Waals surface area contributed by atoms with Gasteiger partial charge in [0.25, 0.3) is 0 Å². The van der Waals surface area contributed by atoms with Gasteiger partial charge in [0.2, 0.25) is 5.91 Å². The molecule has 200 valence electrons. The normalized spacial score (nSPS) is 19.3. The van der Waals surface area contributed by atoms with E-state index in [1.54, 1.807) is 12.1 Å². The Labute approximate surface area is 231 Å². The summed E-state index contributed by atoms with van der Waals surface area (Å²) in [5, 5.41) is 7.83. The molecule has 0 saturated carbocycles. The molecule has 0 aliphatic carbocycles. The molecule has 0 spiro atoms. The number of carbonyl (C=O) groups excluding carboxylic acids is 1. The van der Waals surface area contributed by atoms with Gasteiger partial charge in [0.05, 0.1) is 12.2 Å². The molecule has 2 aliphatic rings. The lowest BCUT2D eigenvalue weighted by Crippen LogP contribution is -2.56. The molecular weight excluding hydrogens is 505 g/mol. The zero-order chi connectivity index (χ0) is 26.2. The van der Waals surface area contributed by atoms with Crippen molar-refractivity contribution in [3.8, 4) is 0 Å². The third kappa shape index (κ3) is 8.44. The fourth-order valence-corrected chi connectivity index (χ4v) is 5.45. The van der Waals surface area contributed by atoms with Crippen LogP contribution >= 0.6 is 23.2 Å². The molecule has 1 amide bonds. The average Bonchev–Trinajstić information content (AvgIpc) is 2.89. The number of benzene rings is 2. The van der Waals surface area contributed by atoms with Gasteiger partial charge in [-0.05, 0) is 80.2 Å². The van der Waals surface area contributed by atoms with Gasteiger partial charge in [0.15, 0.2) is 0 Å². The van der Waals surface area contributed by atoms with E-state index >= 15 is 0 Å². The summed E-state index contributed by atoms with van der Waals surface area (Å²) in [5.41, 5.74) is 2.60. The largest absolute Gasteiger partial charge is 0.356 e. The molecule has 37 heavy (non-hydrogen) atoms. The maximum atomic E-state index is 12.5. The van der Waals surface area contributed by atoms with Crippen LogP contribution in [0.25, 0.3) is 0 Å². The zero-order valence-electron chi connectivity index (χ0n) is 22.0. The predicted octanol–water partition coefficient (Wildman–Crippen LogP) is 6.01. The lowest BCUT2D eigenvalue weighted by molar-refractivity contribution is -0.116. The van der Waals surface area contributed by atoms with E-state index < -0.39 is 0 Å². The van der Waals surface area contributed by atoms with Crippen molar-refractivity contribution in [1.82, 2.24) is 15.1 Å². The van der Waals surface area contributed by atoms with Crippen molar-refractivity contribution in [1.29, 1.82) is 0 Å². The van der Waals surface area contributed by atoms with Gasteiger partial charge in [-0.2, -0.15) is 0 Å². The lowest BCUT2D eigenvalue weighted by atomic mass is 10.0. The van der Waals surface area contributed by atoms with Crippen LogP contribution in [0.3, 0.4) is 0 Å². The van der Waals surface area contributed by atoms with Crippen LogP contribution in [-0.2, 0) is 11.2 Å². The minimum atomic E-state index is -0.0476. The Bertz CT molecular complexity index is 1070. The number of amides is 1. The minimum absolute atomic E-state index is 0.0476. The predicted molar refractivity (Wildman–Crippen MR) is 155 cm³/mol. The highest BCUT2D eigenvalue weighted by atomic mass is 35.5. The molecule has 2 aromatic carbocycles. The molecule has 6 nitrogen and oxygen atoms in total. The van der Waals surface area contributed by atoms with Crippen LogP contribution in [0.1, 0.15) is 45.1 Å². The minimum Gasteiger partial charge on any atom is -0.356 e. The monoisotopic (exact) mass is 543 g/mol. The first-order chi connectivity index (χ1) is 17.9. The fraction of sp³-hybridized carbons (Fsp3) is 0.517. The molecule has 2 heterocycles. The van der Waals surface area contributed by atoms with Crippen molar-refractivity contribution < 1.29 is 4.79 Å². The maximum Gasteiger partial charge on any atom is 0.224 e. The summed E-state index contributed by atoms with van der Waals surface area (Å²) >= 11 is 12.2. The lowest BCUT2D eigenvalue weighted by Gasteiger charge is -2.39. The van der Waals surface area contributed by atoms with E-state index in [9.17, 15) is 4.79 Å². The number of aliphatic imine (C=N–C) groups is 1. The Morgan fingerprint density at radius 2 is 1.84 bits per heavy atom. The zero-order valence-corrected chi connectivity index (χ0v) is 23.5. The maximum absolute atomic E-state index is 12.5. The number of hydrogen-bond donors (Lipinski definition) is 2. The first-order valence-electron chi connectivity index (χ1n) is 13.5. The topological polar surface area (TPSA) is 60.0 Å². The number of anilines is 1. The molecule has 2 saturated heterocycles. The van der Waals surface area contributed by atoms with Gasteiger partial charge >= 0.3 is 0 Å². The average molecular weight is 545 g/mol. The number of halogens is 2. The second-order valence-electron chi connectivity index (χ2n) is 10.4. The first kappa shape index (κ1) is 27.9. The van der Waals surface area contributed by atoms with Crippen LogP contribution in [0.2, 0.25) is 10.0 Å². The van der Waals surface area contributed by atoms with Crippen molar-refractivity contribution in [3.63, 3.8) is 0 Å². The van der Waals surface area contributed by atoms with Gasteiger partial charge in [-0.25, -0.2) is 4.99 Å². The van der Waals surface area contributed by atoms with Crippen LogP contribution in [-0.4, -0.2) is 66.9 Å². The number of hydrogen-bond acceptors (Lipinski definition) is 4. The molecule has 0 radical (unpaired) electrons. The van der Waals surface area contributed by atoms with E-state index in [2.05, 4.69) is 34.3 Å². The Hall–Kier alpha value is -2.12. The van der Waals surface area contributed by atoms with Crippen LogP contribution in [0.15, 0.2) is 47.5 Å². The van der Waals surface area contributed by atoms with E-state index in [0.717, 1.165) is 62.0 Å². The van der Waals surface area contributed by atoms with Crippen LogP contribution in [0, 0.1) is 5.92 Å². The highest BCUT2D eigenvalue weighted by Crippen LogP contribution is 2.23. The molecule has 4 rings (SSSR count). The third-order valence-electron chi connectivity index (χ3n) is 7.23. The molecule has 8 heteroatoms. The number of nitrogens with zero attached hydrogens (tertiary/aromatic N) is 3. The Morgan fingerprint density at radius 3 is 2.54 bits per heavy atom. The van der Waals surface area contributed by atoms with Crippen molar-refractivity contribution in [2.75, 3.05) is 44.6 Å². The van der Waals surface area contributed by atoms with Crippen molar-refractivity contribution in [3.05, 3.63) is 58.1 Å². The van der Waals surface area contributed by atoms with Crippen molar-refractivity contribution in [2.24, 2.45) is 10.9 Å². The summed E-state index contributed by atoms with van der Waals surface area (Å²) in [6, 6.07) is 13.7. The van der Waals surface area contributed by atoms with E-state index in [0.29, 0.717) is 34.8 Å². The third-order valence-corrected chi connectivity index (χ3v) is 7.82. The number of piperidine rings is 1. The van der Waals surface area contributed by atoms with Gasteiger partial charge < -0.3 is 15.5 Å². The number of likely N-dealkylation sites (tertiary alicyclic amines) is 1. The smallest absolute Gasteiger partial charge is 0.224 e. The van der Waals surface area contributed by atoms with Gasteiger partial charge in [0, 0.05) is 47.8 Å². The number of piperazine rings is 1. The molecular formula is C29H39Cl2N5O. The second kappa shape index (κ2) is 13.6. The summed E-state index contributed by atoms with van der Waals surface area (Å²) in [6.45, 7) is 10.7. The second-order valence-corrected chi connectivity index (χ2v) is 11.3. The van der Waals surface area contributed by atoms with Crippen molar-refractivity contribution >= 4 is 46.3 Å². The number of nitrogens with one attached hydrogen (secondary N) is 2. The highest BCUT2D eigenvalue weighted by molar-refractivity contribution is 6.35. The molecule has 2 aliphatic heterocycles. The molecule has 2 N–H and O–H groups in total. The molecule has 0 unspecified atom stereocenters. The van der Waals surface area contributed by atoms with Gasteiger partial charge in [-0.3, -0.25) is 9.69 Å². The van der Waals surface area contributed by atoms with Gasteiger partial charge in [-0.15, -0.1) is 0 Å². The SMILES string of the molecule is CC(C)[C@H]1CN(C(CN2CCCCC2)=Nc2ccc(NC(=O)CCc3ccc(Cl)cc3Cl)cc2)CCN1. The summed E-state index contributed by atoms with van der Waals surface area (Å²) in [4.78, 5) is 22.6. The van der Waals surface area contributed by atoms with Crippen LogP contribution in [0.4, 0.5) is 11.4 Å². The van der Waals surface area contributed by atoms with Crippen LogP contribution < -0.4 is 10.6 Å². The molecule has 2 aromatic rings. The Morgan fingerprint density at radius 1 is 1.08 bits per heavy atom. The number of rotatable bonds is 8. The number of amidine groups is 1.